The molecular formula is C21H27N5O4S. The number of anilines is 2. The van der Waals surface area contributed by atoms with Crippen molar-refractivity contribution in [2.24, 2.45) is 5.92 Å². The van der Waals surface area contributed by atoms with Crippen LogP contribution in [0, 0.1) is 5.92 Å². The van der Waals surface area contributed by atoms with E-state index in [1.54, 1.807) is 19.1 Å². The summed E-state index contributed by atoms with van der Waals surface area (Å²) in [4.78, 5) is 28.6. The van der Waals surface area contributed by atoms with Crippen molar-refractivity contribution in [3.05, 3.63) is 23.8 Å². The van der Waals surface area contributed by atoms with Crippen molar-refractivity contribution in [1.29, 1.82) is 0 Å². The maximum Gasteiger partial charge on any atom is 0.228 e. The lowest BCUT2D eigenvalue weighted by Crippen LogP contribution is -2.43. The molecule has 3 heterocycles. The molecule has 1 aromatic carbocycles. The predicted octanol–water partition coefficient (Wildman–Crippen LogP) is 2.21. The van der Waals surface area contributed by atoms with Gasteiger partial charge in [-0.15, -0.1) is 10.2 Å². The summed E-state index contributed by atoms with van der Waals surface area (Å²) in [6.45, 7) is 2.56. The molecular weight excluding hydrogens is 418 g/mol. The smallest absolute Gasteiger partial charge is 0.228 e. The quantitative estimate of drug-likeness (QED) is 0.698. The third-order valence-corrected chi connectivity index (χ3v) is 6.69. The van der Waals surface area contributed by atoms with E-state index in [1.807, 2.05) is 18.2 Å². The number of nitrogens with one attached hydrogen (secondary N) is 1. The standard InChI is InChI=1S/C21H27N5O4S/c1-29-16-8-7-14(11-17(16)30-2)12-22-19(28)15-5-3-9-25(13-15)20-23-24-21(31-20)26-10-4-6-18(26)27/h7-8,11,15H,3-6,9-10,12-13H2,1-2H3,(H,22,28)/t15-/m1/s1. The van der Waals surface area contributed by atoms with E-state index < -0.39 is 0 Å². The third-order valence-electron chi connectivity index (χ3n) is 5.69. The van der Waals surface area contributed by atoms with Gasteiger partial charge in [-0.2, -0.15) is 0 Å². The predicted molar refractivity (Wildman–Crippen MR) is 118 cm³/mol. The number of amides is 2. The SMILES string of the molecule is COc1ccc(CNC(=O)[C@@H]2CCCN(c3nnc(N4CCCC4=O)s3)C2)cc1OC. The molecule has 1 N–H and O–H groups in total. The number of nitrogens with zero attached hydrogens (tertiary/aromatic N) is 4. The largest absolute Gasteiger partial charge is 0.493 e. The van der Waals surface area contributed by atoms with Crippen LogP contribution >= 0.6 is 11.3 Å². The lowest BCUT2D eigenvalue weighted by atomic mass is 9.97. The number of hydrogen-bond donors (Lipinski definition) is 1. The second kappa shape index (κ2) is 9.51. The number of rotatable bonds is 7. The van der Waals surface area contributed by atoms with Crippen LogP contribution in [0.1, 0.15) is 31.2 Å². The Morgan fingerprint density at radius 1 is 1.16 bits per heavy atom. The first-order valence-corrected chi connectivity index (χ1v) is 11.3. The fourth-order valence-corrected chi connectivity index (χ4v) is 4.91. The Balaban J connectivity index is 1.35. The van der Waals surface area contributed by atoms with Crippen molar-refractivity contribution < 1.29 is 19.1 Å². The Hall–Kier alpha value is -2.88. The fourth-order valence-electron chi connectivity index (χ4n) is 3.98. The first-order chi connectivity index (χ1) is 15.1. The molecule has 2 fully saturated rings. The molecule has 0 unspecified atom stereocenters. The Morgan fingerprint density at radius 2 is 1.97 bits per heavy atom. The summed E-state index contributed by atoms with van der Waals surface area (Å²) in [5, 5.41) is 13.0. The van der Waals surface area contributed by atoms with Gasteiger partial charge < -0.3 is 19.7 Å². The molecule has 0 radical (unpaired) electrons. The number of piperidine rings is 1. The van der Waals surface area contributed by atoms with Crippen molar-refractivity contribution in [3.8, 4) is 11.5 Å². The van der Waals surface area contributed by atoms with E-state index in [-0.39, 0.29) is 17.7 Å². The Bertz CT molecular complexity index is 950. The van der Waals surface area contributed by atoms with Crippen molar-refractivity contribution in [2.75, 3.05) is 43.7 Å². The summed E-state index contributed by atoms with van der Waals surface area (Å²) in [6, 6.07) is 5.62. The molecule has 2 aliphatic heterocycles. The van der Waals surface area contributed by atoms with Gasteiger partial charge in [-0.3, -0.25) is 14.5 Å². The topological polar surface area (TPSA) is 96.9 Å². The first kappa shape index (κ1) is 21.4. The van der Waals surface area contributed by atoms with Gasteiger partial charge in [0.15, 0.2) is 11.5 Å². The molecule has 1 aromatic heterocycles. The maximum atomic E-state index is 12.8. The van der Waals surface area contributed by atoms with Gasteiger partial charge in [-0.05, 0) is 37.0 Å². The molecule has 0 aliphatic carbocycles. The van der Waals surface area contributed by atoms with Crippen LogP contribution in [-0.4, -0.2) is 55.9 Å². The van der Waals surface area contributed by atoms with Crippen LogP contribution in [0.25, 0.3) is 0 Å². The zero-order valence-electron chi connectivity index (χ0n) is 17.8. The zero-order valence-corrected chi connectivity index (χ0v) is 18.6. The summed E-state index contributed by atoms with van der Waals surface area (Å²) in [7, 11) is 3.19. The van der Waals surface area contributed by atoms with Gasteiger partial charge in [0.25, 0.3) is 0 Å². The lowest BCUT2D eigenvalue weighted by Gasteiger charge is -2.31. The lowest BCUT2D eigenvalue weighted by molar-refractivity contribution is -0.125. The molecule has 0 spiro atoms. The molecule has 166 valence electrons. The summed E-state index contributed by atoms with van der Waals surface area (Å²) >= 11 is 1.42. The van der Waals surface area contributed by atoms with Gasteiger partial charge in [0.05, 0.1) is 20.1 Å². The van der Waals surface area contributed by atoms with Crippen molar-refractivity contribution >= 4 is 33.4 Å². The minimum Gasteiger partial charge on any atom is -0.493 e. The van der Waals surface area contributed by atoms with Gasteiger partial charge in [-0.25, -0.2) is 0 Å². The molecule has 2 aliphatic rings. The minimum absolute atomic E-state index is 0.0268. The highest BCUT2D eigenvalue weighted by atomic mass is 32.1. The molecule has 10 heteroatoms. The minimum atomic E-state index is -0.116. The number of methoxy groups -OCH3 is 2. The van der Waals surface area contributed by atoms with Crippen LogP contribution < -0.4 is 24.6 Å². The number of hydrogen-bond acceptors (Lipinski definition) is 8. The molecule has 2 aromatic rings. The summed E-state index contributed by atoms with van der Waals surface area (Å²) in [6.07, 6.45) is 3.18. The van der Waals surface area contributed by atoms with E-state index in [2.05, 4.69) is 20.4 Å². The van der Waals surface area contributed by atoms with Gasteiger partial charge >= 0.3 is 0 Å². The van der Waals surface area contributed by atoms with E-state index in [0.29, 0.717) is 42.7 Å². The van der Waals surface area contributed by atoms with E-state index in [1.165, 1.54) is 11.3 Å². The Kier molecular flexibility index (Phi) is 6.55. The average Bonchev–Trinajstić information content (AvgIpc) is 3.46. The van der Waals surface area contributed by atoms with Crippen molar-refractivity contribution in [1.82, 2.24) is 15.5 Å². The molecule has 0 saturated carbocycles. The number of benzene rings is 1. The van der Waals surface area contributed by atoms with Crippen LogP contribution in [0.2, 0.25) is 0 Å². The maximum absolute atomic E-state index is 12.8. The normalized spacial score (nSPS) is 18.9. The third kappa shape index (κ3) is 4.73. The Labute approximate surface area is 185 Å². The second-order valence-corrected chi connectivity index (χ2v) is 8.64. The highest BCUT2D eigenvalue weighted by molar-refractivity contribution is 7.19. The number of carbonyl (C=O) groups is 2. The van der Waals surface area contributed by atoms with E-state index in [9.17, 15) is 9.59 Å². The van der Waals surface area contributed by atoms with E-state index in [0.717, 1.165) is 36.5 Å². The number of ether oxygens (including phenoxy) is 2. The highest BCUT2D eigenvalue weighted by Gasteiger charge is 2.30. The summed E-state index contributed by atoms with van der Waals surface area (Å²) in [5.74, 6) is 1.32. The van der Waals surface area contributed by atoms with E-state index in [4.69, 9.17) is 9.47 Å². The van der Waals surface area contributed by atoms with Crippen LogP contribution in [0.5, 0.6) is 11.5 Å². The van der Waals surface area contributed by atoms with Gasteiger partial charge in [0, 0.05) is 32.6 Å². The van der Waals surface area contributed by atoms with Gasteiger partial charge in [0.2, 0.25) is 22.1 Å². The average molecular weight is 446 g/mol. The van der Waals surface area contributed by atoms with Gasteiger partial charge in [-0.1, -0.05) is 17.4 Å². The molecule has 2 saturated heterocycles. The van der Waals surface area contributed by atoms with Crippen LogP contribution in [0.4, 0.5) is 10.3 Å². The van der Waals surface area contributed by atoms with Crippen molar-refractivity contribution in [2.45, 2.75) is 32.2 Å². The number of carbonyl (C=O) groups excluding carboxylic acids is 2. The highest BCUT2D eigenvalue weighted by Crippen LogP contribution is 2.32. The Morgan fingerprint density at radius 3 is 2.71 bits per heavy atom. The van der Waals surface area contributed by atoms with Crippen molar-refractivity contribution in [3.63, 3.8) is 0 Å². The molecule has 31 heavy (non-hydrogen) atoms. The molecule has 0 bridgehead atoms. The summed E-state index contributed by atoms with van der Waals surface area (Å²) in [5.41, 5.74) is 0.947. The van der Waals surface area contributed by atoms with Crippen LogP contribution in [-0.2, 0) is 16.1 Å². The fraction of sp³-hybridized carbons (Fsp3) is 0.524. The molecule has 2 amide bonds. The van der Waals surface area contributed by atoms with Crippen LogP contribution in [0.15, 0.2) is 18.2 Å². The zero-order chi connectivity index (χ0) is 21.8. The molecule has 1 atom stereocenters. The number of aromatic nitrogens is 2. The second-order valence-electron chi connectivity index (χ2n) is 7.71. The van der Waals surface area contributed by atoms with E-state index >= 15 is 0 Å². The van der Waals surface area contributed by atoms with Crippen LogP contribution in [0.3, 0.4) is 0 Å². The molecule has 4 rings (SSSR count). The van der Waals surface area contributed by atoms with Gasteiger partial charge in [0.1, 0.15) is 0 Å². The molecule has 9 nitrogen and oxygen atoms in total. The monoisotopic (exact) mass is 445 g/mol. The first-order valence-electron chi connectivity index (χ1n) is 10.5. The summed E-state index contributed by atoms with van der Waals surface area (Å²) < 4.78 is 10.6.